The summed E-state index contributed by atoms with van der Waals surface area (Å²) in [4.78, 5) is 15.1. The van der Waals surface area contributed by atoms with Gasteiger partial charge in [0.05, 0.1) is 17.9 Å². The van der Waals surface area contributed by atoms with Crippen LogP contribution in [-0.2, 0) is 6.61 Å². The van der Waals surface area contributed by atoms with Crippen LogP contribution in [0.3, 0.4) is 0 Å². The van der Waals surface area contributed by atoms with Crippen molar-refractivity contribution in [2.45, 2.75) is 6.61 Å². The van der Waals surface area contributed by atoms with Crippen molar-refractivity contribution in [2.24, 2.45) is 0 Å². The monoisotopic (exact) mass is 296 g/mol. The lowest BCUT2D eigenvalue weighted by atomic mass is 10.1. The summed E-state index contributed by atoms with van der Waals surface area (Å²) >= 11 is 0. The van der Waals surface area contributed by atoms with Crippen LogP contribution in [-0.4, -0.2) is 36.2 Å². The summed E-state index contributed by atoms with van der Waals surface area (Å²) in [5, 5.41) is 26.5. The smallest absolute Gasteiger partial charge is 0.335 e. The number of aliphatic hydroxyl groups excluding tert-OH is 1. The first-order valence-corrected chi connectivity index (χ1v) is 6.50. The molecule has 3 aromatic rings. The highest BCUT2D eigenvalue weighted by atomic mass is 16.4. The van der Waals surface area contributed by atoms with Crippen LogP contribution in [0.25, 0.3) is 16.9 Å². The van der Waals surface area contributed by atoms with Gasteiger partial charge in [-0.25, -0.2) is 9.48 Å². The molecule has 2 N–H and O–H groups in total. The summed E-state index contributed by atoms with van der Waals surface area (Å²) in [6.45, 7) is -0.268. The Labute approximate surface area is 125 Å². The number of pyridine rings is 1. The first-order chi connectivity index (χ1) is 10.7. The molecule has 0 fully saturated rings. The molecule has 0 spiro atoms. The number of carboxylic acid groups (broad SMARTS) is 1. The first-order valence-electron chi connectivity index (χ1n) is 6.50. The molecule has 2 aromatic heterocycles. The average Bonchev–Trinajstić information content (AvgIpc) is 2.99. The lowest BCUT2D eigenvalue weighted by Gasteiger charge is -2.08. The summed E-state index contributed by atoms with van der Waals surface area (Å²) in [5.41, 5.74) is 2.50. The third-order valence-corrected chi connectivity index (χ3v) is 3.18. The largest absolute Gasteiger partial charge is 0.478 e. The van der Waals surface area contributed by atoms with Gasteiger partial charge in [-0.1, -0.05) is 11.3 Å². The van der Waals surface area contributed by atoms with E-state index in [9.17, 15) is 9.90 Å². The average molecular weight is 296 g/mol. The molecule has 0 aliphatic rings. The van der Waals surface area contributed by atoms with Crippen molar-refractivity contribution in [1.29, 1.82) is 0 Å². The lowest BCUT2D eigenvalue weighted by Crippen LogP contribution is -2.03. The fraction of sp³-hybridized carbons (Fsp3) is 0.0667. The number of carboxylic acids is 1. The standard InChI is InChI=1S/C15H12N4O3/c20-9-13-14(10-4-6-16-7-5-10)19(18-17-13)12-3-1-2-11(8-12)15(21)22/h1-8,20H,9H2,(H,21,22). The Morgan fingerprint density at radius 2 is 1.95 bits per heavy atom. The Bertz CT molecular complexity index is 815. The van der Waals surface area contributed by atoms with Gasteiger partial charge in [0.15, 0.2) is 0 Å². The van der Waals surface area contributed by atoms with Crippen molar-refractivity contribution < 1.29 is 15.0 Å². The Kier molecular flexibility index (Phi) is 3.63. The van der Waals surface area contributed by atoms with Gasteiger partial charge in [0.2, 0.25) is 0 Å². The molecule has 0 unspecified atom stereocenters. The maximum Gasteiger partial charge on any atom is 0.335 e. The van der Waals surface area contributed by atoms with E-state index in [2.05, 4.69) is 15.3 Å². The molecule has 22 heavy (non-hydrogen) atoms. The zero-order chi connectivity index (χ0) is 15.5. The lowest BCUT2D eigenvalue weighted by molar-refractivity contribution is 0.0697. The van der Waals surface area contributed by atoms with Crippen molar-refractivity contribution in [2.75, 3.05) is 0 Å². The van der Waals surface area contributed by atoms with Crippen LogP contribution >= 0.6 is 0 Å². The normalized spacial score (nSPS) is 10.6. The van der Waals surface area contributed by atoms with Gasteiger partial charge in [-0.2, -0.15) is 0 Å². The Balaban J connectivity index is 2.18. The molecule has 3 rings (SSSR count). The Morgan fingerprint density at radius 3 is 2.64 bits per heavy atom. The van der Waals surface area contributed by atoms with Crippen LogP contribution in [0.15, 0.2) is 48.8 Å². The molecule has 0 amide bonds. The van der Waals surface area contributed by atoms with E-state index in [0.717, 1.165) is 5.56 Å². The second kappa shape index (κ2) is 5.74. The van der Waals surface area contributed by atoms with E-state index in [0.29, 0.717) is 17.1 Å². The minimum atomic E-state index is -1.02. The maximum absolute atomic E-state index is 11.1. The fourth-order valence-electron chi connectivity index (χ4n) is 2.17. The molecular formula is C15H12N4O3. The van der Waals surface area contributed by atoms with Crippen LogP contribution in [0.4, 0.5) is 0 Å². The SMILES string of the molecule is O=C(O)c1cccc(-n2nnc(CO)c2-c2ccncc2)c1. The van der Waals surface area contributed by atoms with Crippen molar-refractivity contribution in [3.8, 4) is 16.9 Å². The molecule has 0 radical (unpaired) electrons. The second-order valence-electron chi connectivity index (χ2n) is 4.55. The predicted octanol–water partition coefficient (Wildman–Crippen LogP) is 1.52. The van der Waals surface area contributed by atoms with Crippen molar-refractivity contribution in [3.63, 3.8) is 0 Å². The number of aliphatic hydroxyl groups is 1. The molecule has 110 valence electrons. The summed E-state index contributed by atoms with van der Waals surface area (Å²) in [7, 11) is 0. The van der Waals surface area contributed by atoms with E-state index in [-0.39, 0.29) is 12.2 Å². The van der Waals surface area contributed by atoms with Crippen LogP contribution in [0.2, 0.25) is 0 Å². The molecule has 1 aromatic carbocycles. The van der Waals surface area contributed by atoms with E-state index in [1.54, 1.807) is 36.7 Å². The highest BCUT2D eigenvalue weighted by Gasteiger charge is 2.16. The van der Waals surface area contributed by atoms with Gasteiger partial charge in [0.1, 0.15) is 11.4 Å². The molecule has 7 nitrogen and oxygen atoms in total. The summed E-state index contributed by atoms with van der Waals surface area (Å²) in [6.07, 6.45) is 3.25. The van der Waals surface area contributed by atoms with Gasteiger partial charge in [-0.15, -0.1) is 5.10 Å². The number of nitrogens with zero attached hydrogens (tertiary/aromatic N) is 4. The number of aromatic nitrogens is 4. The van der Waals surface area contributed by atoms with Gasteiger partial charge in [-0.3, -0.25) is 4.98 Å². The molecule has 2 heterocycles. The number of rotatable bonds is 4. The zero-order valence-electron chi connectivity index (χ0n) is 11.4. The van der Waals surface area contributed by atoms with E-state index >= 15 is 0 Å². The summed E-state index contributed by atoms with van der Waals surface area (Å²) in [5.74, 6) is -1.02. The molecule has 0 bridgehead atoms. The second-order valence-corrected chi connectivity index (χ2v) is 4.55. The highest BCUT2D eigenvalue weighted by Crippen LogP contribution is 2.25. The molecule has 7 heteroatoms. The molecule has 0 saturated carbocycles. The third-order valence-electron chi connectivity index (χ3n) is 3.18. The first kappa shape index (κ1) is 13.9. The predicted molar refractivity (Wildman–Crippen MR) is 77.5 cm³/mol. The van der Waals surface area contributed by atoms with Crippen LogP contribution in [0, 0.1) is 0 Å². The number of hydrogen-bond acceptors (Lipinski definition) is 5. The van der Waals surface area contributed by atoms with Crippen LogP contribution in [0.1, 0.15) is 16.1 Å². The van der Waals surface area contributed by atoms with Gasteiger partial charge < -0.3 is 10.2 Å². The van der Waals surface area contributed by atoms with E-state index < -0.39 is 5.97 Å². The maximum atomic E-state index is 11.1. The fourth-order valence-corrected chi connectivity index (χ4v) is 2.17. The van der Waals surface area contributed by atoms with Gasteiger partial charge in [-0.05, 0) is 30.3 Å². The molecule has 0 aliphatic carbocycles. The van der Waals surface area contributed by atoms with Crippen molar-refractivity contribution in [3.05, 3.63) is 60.0 Å². The topological polar surface area (TPSA) is 101 Å². The van der Waals surface area contributed by atoms with Crippen LogP contribution < -0.4 is 0 Å². The van der Waals surface area contributed by atoms with E-state index in [4.69, 9.17) is 5.11 Å². The number of benzene rings is 1. The van der Waals surface area contributed by atoms with E-state index in [1.807, 2.05) is 0 Å². The minimum Gasteiger partial charge on any atom is -0.478 e. The van der Waals surface area contributed by atoms with Gasteiger partial charge in [0.25, 0.3) is 0 Å². The summed E-state index contributed by atoms with van der Waals surface area (Å²) < 4.78 is 1.51. The third kappa shape index (κ3) is 2.45. The minimum absolute atomic E-state index is 0.152. The quantitative estimate of drug-likeness (QED) is 0.757. The van der Waals surface area contributed by atoms with Crippen molar-refractivity contribution >= 4 is 5.97 Å². The van der Waals surface area contributed by atoms with Gasteiger partial charge >= 0.3 is 5.97 Å². The van der Waals surface area contributed by atoms with Crippen LogP contribution in [0.5, 0.6) is 0 Å². The Hall–Kier alpha value is -3.06. The molecule has 0 saturated heterocycles. The highest BCUT2D eigenvalue weighted by molar-refractivity contribution is 5.88. The van der Waals surface area contributed by atoms with Gasteiger partial charge in [0, 0.05) is 18.0 Å². The molecule has 0 atom stereocenters. The number of hydrogen-bond donors (Lipinski definition) is 2. The summed E-state index contributed by atoms with van der Waals surface area (Å²) in [6, 6.07) is 9.91. The molecular weight excluding hydrogens is 284 g/mol. The molecule has 0 aliphatic heterocycles. The van der Waals surface area contributed by atoms with Crippen molar-refractivity contribution in [1.82, 2.24) is 20.0 Å². The zero-order valence-corrected chi connectivity index (χ0v) is 11.4. The number of aromatic carboxylic acids is 1. The van der Waals surface area contributed by atoms with E-state index in [1.165, 1.54) is 16.8 Å². The Morgan fingerprint density at radius 1 is 1.18 bits per heavy atom. The number of carbonyl (C=O) groups is 1.